The van der Waals surface area contributed by atoms with Gasteiger partial charge in [-0.15, -0.1) is 0 Å². The minimum Gasteiger partial charge on any atom is -0.376 e. The Balaban J connectivity index is 2.32. The van der Waals surface area contributed by atoms with Crippen molar-refractivity contribution in [3.63, 3.8) is 0 Å². The SMILES string of the molecule is Cc1cc(C)c(C(C)Nc2cc(F)c(C)cc2F)cc1C. The van der Waals surface area contributed by atoms with E-state index in [2.05, 4.69) is 31.3 Å². The van der Waals surface area contributed by atoms with Crippen LogP contribution in [0.25, 0.3) is 0 Å². The average molecular weight is 289 g/mol. The van der Waals surface area contributed by atoms with Crippen LogP contribution in [0.4, 0.5) is 14.5 Å². The first-order chi connectivity index (χ1) is 9.79. The number of benzene rings is 2. The first-order valence-corrected chi connectivity index (χ1v) is 7.09. The van der Waals surface area contributed by atoms with Gasteiger partial charge in [-0.1, -0.05) is 12.1 Å². The third-order valence-electron chi connectivity index (χ3n) is 3.97. The summed E-state index contributed by atoms with van der Waals surface area (Å²) in [6, 6.07) is 6.57. The maximum atomic E-state index is 13.9. The maximum Gasteiger partial charge on any atom is 0.146 e. The third-order valence-corrected chi connectivity index (χ3v) is 3.97. The highest BCUT2D eigenvalue weighted by Gasteiger charge is 2.13. The first-order valence-electron chi connectivity index (χ1n) is 7.09. The van der Waals surface area contributed by atoms with Crippen LogP contribution in [0, 0.1) is 39.3 Å². The van der Waals surface area contributed by atoms with Gasteiger partial charge in [0.1, 0.15) is 11.6 Å². The van der Waals surface area contributed by atoms with Crippen molar-refractivity contribution in [2.45, 2.75) is 40.7 Å². The molecule has 0 aromatic heterocycles. The second kappa shape index (κ2) is 5.84. The first kappa shape index (κ1) is 15.5. The van der Waals surface area contributed by atoms with E-state index in [-0.39, 0.29) is 11.7 Å². The molecule has 1 nitrogen and oxygen atoms in total. The van der Waals surface area contributed by atoms with Crippen LogP contribution < -0.4 is 5.32 Å². The van der Waals surface area contributed by atoms with Crippen LogP contribution in [-0.4, -0.2) is 0 Å². The lowest BCUT2D eigenvalue weighted by atomic mass is 9.96. The lowest BCUT2D eigenvalue weighted by molar-refractivity contribution is 0.593. The molecule has 0 spiro atoms. The molecule has 3 heteroatoms. The van der Waals surface area contributed by atoms with E-state index in [1.165, 1.54) is 23.3 Å². The summed E-state index contributed by atoms with van der Waals surface area (Å²) in [7, 11) is 0. The molecule has 1 atom stereocenters. The van der Waals surface area contributed by atoms with Gasteiger partial charge in [0.15, 0.2) is 0 Å². The zero-order valence-electron chi connectivity index (χ0n) is 13.1. The molecule has 112 valence electrons. The minimum absolute atomic E-state index is 0.0964. The quantitative estimate of drug-likeness (QED) is 0.800. The highest BCUT2D eigenvalue weighted by molar-refractivity contribution is 5.50. The van der Waals surface area contributed by atoms with Crippen molar-refractivity contribution >= 4 is 5.69 Å². The van der Waals surface area contributed by atoms with Crippen LogP contribution in [0.2, 0.25) is 0 Å². The molecule has 0 amide bonds. The zero-order valence-corrected chi connectivity index (χ0v) is 13.1. The van der Waals surface area contributed by atoms with Crippen molar-refractivity contribution in [3.8, 4) is 0 Å². The second-order valence-corrected chi connectivity index (χ2v) is 5.74. The Labute approximate surface area is 125 Å². The largest absolute Gasteiger partial charge is 0.376 e. The minimum atomic E-state index is -0.428. The van der Waals surface area contributed by atoms with Gasteiger partial charge < -0.3 is 5.32 Å². The van der Waals surface area contributed by atoms with Crippen molar-refractivity contribution in [1.82, 2.24) is 0 Å². The second-order valence-electron chi connectivity index (χ2n) is 5.74. The number of anilines is 1. The summed E-state index contributed by atoms with van der Waals surface area (Å²) >= 11 is 0. The van der Waals surface area contributed by atoms with E-state index >= 15 is 0 Å². The number of halogens is 2. The molecule has 0 radical (unpaired) electrons. The Morgan fingerprint density at radius 1 is 0.762 bits per heavy atom. The van der Waals surface area contributed by atoms with Crippen LogP contribution in [0.15, 0.2) is 24.3 Å². The normalized spacial score (nSPS) is 12.3. The molecule has 0 aliphatic rings. The van der Waals surface area contributed by atoms with Crippen molar-refractivity contribution in [2.24, 2.45) is 0 Å². The molecule has 1 N–H and O–H groups in total. The fourth-order valence-electron chi connectivity index (χ4n) is 2.52. The predicted molar refractivity (Wildman–Crippen MR) is 83.8 cm³/mol. The summed E-state index contributed by atoms with van der Waals surface area (Å²) in [5.74, 6) is -0.829. The van der Waals surface area contributed by atoms with Gasteiger partial charge in [-0.3, -0.25) is 0 Å². The monoisotopic (exact) mass is 289 g/mol. The Hall–Kier alpha value is -1.90. The molecule has 2 aromatic rings. The number of hydrogen-bond acceptors (Lipinski definition) is 1. The molecule has 0 fully saturated rings. The molecule has 0 saturated heterocycles. The summed E-state index contributed by atoms with van der Waals surface area (Å²) in [6.07, 6.45) is 0. The fraction of sp³-hybridized carbons (Fsp3) is 0.333. The lowest BCUT2D eigenvalue weighted by Crippen LogP contribution is -2.10. The Morgan fingerprint density at radius 3 is 2.05 bits per heavy atom. The lowest BCUT2D eigenvalue weighted by Gasteiger charge is -2.20. The van der Waals surface area contributed by atoms with E-state index < -0.39 is 11.6 Å². The standard InChI is InChI=1S/C18H21F2N/c1-10-6-12(3)15(7-11(10)2)14(5)21-18-9-16(19)13(4)8-17(18)20/h6-9,14,21H,1-5H3. The summed E-state index contributed by atoms with van der Waals surface area (Å²) in [5.41, 5.74) is 5.18. The summed E-state index contributed by atoms with van der Waals surface area (Å²) in [4.78, 5) is 0. The van der Waals surface area contributed by atoms with Gasteiger partial charge in [-0.2, -0.15) is 0 Å². The van der Waals surface area contributed by atoms with Crippen LogP contribution in [0.5, 0.6) is 0 Å². The van der Waals surface area contributed by atoms with E-state index in [0.29, 0.717) is 5.56 Å². The predicted octanol–water partition coefficient (Wildman–Crippen LogP) is 5.37. The molecule has 21 heavy (non-hydrogen) atoms. The number of hydrogen-bond donors (Lipinski definition) is 1. The van der Waals surface area contributed by atoms with Crippen LogP contribution in [-0.2, 0) is 0 Å². The van der Waals surface area contributed by atoms with Crippen LogP contribution in [0.1, 0.15) is 40.8 Å². The summed E-state index contributed by atoms with van der Waals surface area (Å²) in [6.45, 7) is 9.66. The van der Waals surface area contributed by atoms with Gasteiger partial charge in [0.25, 0.3) is 0 Å². The number of aryl methyl sites for hydroxylation is 4. The molecule has 0 aliphatic carbocycles. The topological polar surface area (TPSA) is 12.0 Å². The highest BCUT2D eigenvalue weighted by Crippen LogP contribution is 2.27. The van der Waals surface area contributed by atoms with E-state index in [9.17, 15) is 8.78 Å². The summed E-state index contributed by atoms with van der Waals surface area (Å²) < 4.78 is 27.5. The van der Waals surface area contributed by atoms with E-state index in [4.69, 9.17) is 0 Å². The smallest absolute Gasteiger partial charge is 0.146 e. The van der Waals surface area contributed by atoms with Crippen molar-refractivity contribution in [1.29, 1.82) is 0 Å². The fourth-order valence-corrected chi connectivity index (χ4v) is 2.52. The van der Waals surface area contributed by atoms with Gasteiger partial charge in [-0.05, 0) is 68.5 Å². The van der Waals surface area contributed by atoms with E-state index in [1.54, 1.807) is 6.92 Å². The highest BCUT2D eigenvalue weighted by atomic mass is 19.1. The van der Waals surface area contributed by atoms with Crippen molar-refractivity contribution in [3.05, 3.63) is 63.7 Å². The molecule has 2 aromatic carbocycles. The van der Waals surface area contributed by atoms with Crippen molar-refractivity contribution < 1.29 is 8.78 Å². The van der Waals surface area contributed by atoms with Gasteiger partial charge in [0, 0.05) is 12.1 Å². The Morgan fingerprint density at radius 2 is 1.38 bits per heavy atom. The van der Waals surface area contributed by atoms with Crippen LogP contribution in [0.3, 0.4) is 0 Å². The number of rotatable bonds is 3. The molecular formula is C18H21F2N. The van der Waals surface area contributed by atoms with Crippen molar-refractivity contribution in [2.75, 3.05) is 5.32 Å². The molecule has 0 aliphatic heterocycles. The Bertz CT molecular complexity index is 677. The molecule has 1 unspecified atom stereocenters. The molecular weight excluding hydrogens is 268 g/mol. The molecule has 2 rings (SSSR count). The van der Waals surface area contributed by atoms with E-state index in [1.807, 2.05) is 13.8 Å². The van der Waals surface area contributed by atoms with Gasteiger partial charge in [-0.25, -0.2) is 8.78 Å². The number of nitrogens with one attached hydrogen (secondary N) is 1. The average Bonchev–Trinajstić information content (AvgIpc) is 2.40. The molecule has 0 saturated carbocycles. The van der Waals surface area contributed by atoms with Gasteiger partial charge in [0.05, 0.1) is 5.69 Å². The van der Waals surface area contributed by atoms with Gasteiger partial charge >= 0.3 is 0 Å². The molecule has 0 heterocycles. The third kappa shape index (κ3) is 3.23. The Kier molecular flexibility index (Phi) is 4.31. The summed E-state index contributed by atoms with van der Waals surface area (Å²) in [5, 5.41) is 3.07. The van der Waals surface area contributed by atoms with Gasteiger partial charge in [0.2, 0.25) is 0 Å². The van der Waals surface area contributed by atoms with E-state index in [0.717, 1.165) is 11.1 Å². The zero-order chi connectivity index (χ0) is 15.7. The van der Waals surface area contributed by atoms with Crippen LogP contribution >= 0.6 is 0 Å². The molecule has 0 bridgehead atoms. The maximum absolute atomic E-state index is 13.9.